The molecule has 1 saturated heterocycles. The number of hydrogen-bond acceptors (Lipinski definition) is 4. The summed E-state index contributed by atoms with van der Waals surface area (Å²) >= 11 is 1.42. The van der Waals surface area contributed by atoms with Crippen molar-refractivity contribution in [1.29, 1.82) is 0 Å². The van der Waals surface area contributed by atoms with Crippen LogP contribution in [0.15, 0.2) is 41.8 Å². The number of likely N-dealkylation sites (tertiary alicyclic amines) is 1. The zero-order valence-electron chi connectivity index (χ0n) is 12.6. The van der Waals surface area contributed by atoms with E-state index in [1.165, 1.54) is 17.4 Å². The Morgan fingerprint density at radius 3 is 2.61 bits per heavy atom. The number of nitrogens with one attached hydrogen (secondary N) is 1. The highest BCUT2D eigenvalue weighted by Crippen LogP contribution is 2.18. The van der Waals surface area contributed by atoms with Crippen molar-refractivity contribution < 1.29 is 14.7 Å². The van der Waals surface area contributed by atoms with Gasteiger partial charge in [-0.05, 0) is 42.5 Å². The van der Waals surface area contributed by atoms with E-state index in [4.69, 9.17) is 0 Å². The third-order valence-corrected chi connectivity index (χ3v) is 4.82. The molecule has 0 bridgehead atoms. The molecule has 5 nitrogen and oxygen atoms in total. The molecule has 1 aliphatic heterocycles. The molecule has 1 aromatic heterocycles. The largest absolute Gasteiger partial charge is 0.508 e. The fourth-order valence-electron chi connectivity index (χ4n) is 2.71. The summed E-state index contributed by atoms with van der Waals surface area (Å²) in [6, 6.07) is 10.1. The number of benzene rings is 1. The second-order valence-corrected chi connectivity index (χ2v) is 6.52. The van der Waals surface area contributed by atoms with Gasteiger partial charge in [0.05, 0.1) is 4.88 Å². The molecule has 1 aromatic carbocycles. The monoisotopic (exact) mass is 330 g/mol. The van der Waals surface area contributed by atoms with Crippen LogP contribution in [-0.4, -0.2) is 41.0 Å². The maximum atomic E-state index is 12.4. The van der Waals surface area contributed by atoms with E-state index < -0.39 is 0 Å². The highest BCUT2D eigenvalue weighted by Gasteiger charge is 2.25. The summed E-state index contributed by atoms with van der Waals surface area (Å²) in [5.74, 6) is -0.0318. The number of rotatable bonds is 3. The molecule has 3 rings (SSSR count). The number of phenolic OH excluding ortho intramolecular Hbond substituents is 1. The molecular weight excluding hydrogens is 312 g/mol. The van der Waals surface area contributed by atoms with Crippen LogP contribution in [0, 0.1) is 0 Å². The van der Waals surface area contributed by atoms with Crippen LogP contribution in [0.2, 0.25) is 0 Å². The highest BCUT2D eigenvalue weighted by molar-refractivity contribution is 7.12. The Labute approximate surface area is 138 Å². The van der Waals surface area contributed by atoms with Crippen molar-refractivity contribution in [3.63, 3.8) is 0 Å². The highest BCUT2D eigenvalue weighted by atomic mass is 32.1. The molecule has 0 aliphatic carbocycles. The maximum Gasteiger partial charge on any atom is 0.261 e. The molecule has 120 valence electrons. The average molecular weight is 330 g/mol. The zero-order valence-corrected chi connectivity index (χ0v) is 13.4. The van der Waals surface area contributed by atoms with Crippen molar-refractivity contribution in [3.8, 4) is 5.75 Å². The van der Waals surface area contributed by atoms with Gasteiger partial charge in [0.2, 0.25) is 0 Å². The molecule has 1 fully saturated rings. The summed E-state index contributed by atoms with van der Waals surface area (Å²) in [6.07, 6.45) is 1.48. The minimum Gasteiger partial charge on any atom is -0.508 e. The molecule has 23 heavy (non-hydrogen) atoms. The topological polar surface area (TPSA) is 69.6 Å². The molecule has 2 N–H and O–H groups in total. The molecule has 2 heterocycles. The van der Waals surface area contributed by atoms with Gasteiger partial charge in [0.25, 0.3) is 11.8 Å². The molecule has 0 spiro atoms. The summed E-state index contributed by atoms with van der Waals surface area (Å²) in [7, 11) is 0. The van der Waals surface area contributed by atoms with Crippen LogP contribution >= 0.6 is 11.3 Å². The molecule has 2 aromatic rings. The maximum absolute atomic E-state index is 12.4. The van der Waals surface area contributed by atoms with E-state index >= 15 is 0 Å². The van der Waals surface area contributed by atoms with Crippen molar-refractivity contribution in [1.82, 2.24) is 10.2 Å². The summed E-state index contributed by atoms with van der Waals surface area (Å²) in [5, 5.41) is 14.4. The first-order chi connectivity index (χ1) is 11.1. The molecule has 0 saturated carbocycles. The predicted molar refractivity (Wildman–Crippen MR) is 88.8 cm³/mol. The smallest absolute Gasteiger partial charge is 0.261 e. The fraction of sp³-hybridized carbons (Fsp3) is 0.294. The molecule has 0 atom stereocenters. The van der Waals surface area contributed by atoms with Gasteiger partial charge in [-0.3, -0.25) is 9.59 Å². The Balaban J connectivity index is 1.54. The van der Waals surface area contributed by atoms with Gasteiger partial charge < -0.3 is 15.3 Å². The Bertz CT molecular complexity index is 692. The number of phenols is 1. The van der Waals surface area contributed by atoms with Gasteiger partial charge in [-0.25, -0.2) is 0 Å². The second kappa shape index (κ2) is 6.83. The van der Waals surface area contributed by atoms with Gasteiger partial charge in [0.1, 0.15) is 5.75 Å². The van der Waals surface area contributed by atoms with Gasteiger partial charge in [-0.1, -0.05) is 12.1 Å². The van der Waals surface area contributed by atoms with Crippen LogP contribution in [0.25, 0.3) is 0 Å². The van der Waals surface area contributed by atoms with Crippen LogP contribution in [0.1, 0.15) is 32.9 Å². The summed E-state index contributed by atoms with van der Waals surface area (Å²) in [5.41, 5.74) is 0.492. The Kier molecular flexibility index (Phi) is 4.62. The number of carbonyl (C=O) groups excluding carboxylic acids is 2. The van der Waals surface area contributed by atoms with E-state index in [0.29, 0.717) is 23.5 Å². The van der Waals surface area contributed by atoms with Crippen molar-refractivity contribution in [2.24, 2.45) is 0 Å². The number of hydrogen-bond donors (Lipinski definition) is 2. The molecule has 2 amide bonds. The summed E-state index contributed by atoms with van der Waals surface area (Å²) in [6.45, 7) is 1.20. The Morgan fingerprint density at radius 1 is 1.17 bits per heavy atom. The minimum absolute atomic E-state index is 0.0437. The molecule has 0 radical (unpaired) electrons. The lowest BCUT2D eigenvalue weighted by Crippen LogP contribution is -2.46. The van der Waals surface area contributed by atoms with Crippen LogP contribution in [-0.2, 0) is 0 Å². The van der Waals surface area contributed by atoms with Crippen molar-refractivity contribution in [3.05, 3.63) is 52.2 Å². The van der Waals surface area contributed by atoms with E-state index in [2.05, 4.69) is 5.32 Å². The van der Waals surface area contributed by atoms with Gasteiger partial charge in [0, 0.05) is 24.7 Å². The van der Waals surface area contributed by atoms with E-state index in [9.17, 15) is 14.7 Å². The normalized spacial score (nSPS) is 15.4. The summed E-state index contributed by atoms with van der Waals surface area (Å²) < 4.78 is 0. The van der Waals surface area contributed by atoms with E-state index in [1.807, 2.05) is 11.4 Å². The van der Waals surface area contributed by atoms with Gasteiger partial charge in [-0.15, -0.1) is 11.3 Å². The Morgan fingerprint density at radius 2 is 1.96 bits per heavy atom. The van der Waals surface area contributed by atoms with Gasteiger partial charge >= 0.3 is 0 Å². The first-order valence-electron chi connectivity index (χ1n) is 7.56. The van der Waals surface area contributed by atoms with Crippen LogP contribution in [0.5, 0.6) is 5.75 Å². The van der Waals surface area contributed by atoms with Gasteiger partial charge in [0.15, 0.2) is 0 Å². The average Bonchev–Trinajstić information content (AvgIpc) is 3.09. The summed E-state index contributed by atoms with van der Waals surface area (Å²) in [4.78, 5) is 26.9. The van der Waals surface area contributed by atoms with E-state index in [0.717, 1.165) is 12.8 Å². The molecule has 1 aliphatic rings. The third-order valence-electron chi connectivity index (χ3n) is 3.96. The number of thiophene rings is 1. The number of nitrogens with zero attached hydrogens (tertiary/aromatic N) is 1. The number of aromatic hydroxyl groups is 1. The minimum atomic E-state index is -0.0797. The number of carbonyl (C=O) groups is 2. The van der Waals surface area contributed by atoms with Crippen LogP contribution < -0.4 is 5.32 Å². The number of piperidine rings is 1. The SMILES string of the molecule is O=C(NC1CCN(C(=O)c2cccc(O)c2)CC1)c1cccs1. The second-order valence-electron chi connectivity index (χ2n) is 5.57. The Hall–Kier alpha value is -2.34. The van der Waals surface area contributed by atoms with Gasteiger partial charge in [-0.2, -0.15) is 0 Å². The quantitative estimate of drug-likeness (QED) is 0.908. The van der Waals surface area contributed by atoms with E-state index in [1.54, 1.807) is 29.2 Å². The standard InChI is InChI=1S/C17H18N2O3S/c20-14-4-1-3-12(11-14)17(22)19-8-6-13(7-9-19)18-16(21)15-5-2-10-23-15/h1-5,10-11,13,20H,6-9H2,(H,18,21). The number of amides is 2. The first kappa shape index (κ1) is 15.6. The van der Waals surface area contributed by atoms with E-state index in [-0.39, 0.29) is 23.6 Å². The predicted octanol–water partition coefficient (Wildman–Crippen LogP) is 2.49. The lowest BCUT2D eigenvalue weighted by atomic mass is 10.0. The molecule has 0 unspecified atom stereocenters. The molecule has 6 heteroatoms. The fourth-order valence-corrected chi connectivity index (χ4v) is 3.34. The lowest BCUT2D eigenvalue weighted by molar-refractivity contribution is 0.0698. The van der Waals surface area contributed by atoms with Crippen molar-refractivity contribution in [2.45, 2.75) is 18.9 Å². The van der Waals surface area contributed by atoms with Crippen molar-refractivity contribution >= 4 is 23.2 Å². The first-order valence-corrected chi connectivity index (χ1v) is 8.44. The van der Waals surface area contributed by atoms with Crippen LogP contribution in [0.4, 0.5) is 0 Å². The third kappa shape index (κ3) is 3.71. The van der Waals surface area contributed by atoms with Crippen LogP contribution in [0.3, 0.4) is 0 Å². The lowest BCUT2D eigenvalue weighted by Gasteiger charge is -2.32. The van der Waals surface area contributed by atoms with Crippen molar-refractivity contribution in [2.75, 3.05) is 13.1 Å². The zero-order chi connectivity index (χ0) is 16.2. The molecular formula is C17H18N2O3S.